The lowest BCUT2D eigenvalue weighted by molar-refractivity contribution is 0.0902. The summed E-state index contributed by atoms with van der Waals surface area (Å²) in [6, 6.07) is 2.67. The van der Waals surface area contributed by atoms with Crippen LogP contribution in [0.5, 0.6) is 0 Å². The summed E-state index contributed by atoms with van der Waals surface area (Å²) in [6.45, 7) is 4.15. The van der Waals surface area contributed by atoms with Crippen molar-refractivity contribution in [1.29, 1.82) is 0 Å². The predicted octanol–water partition coefficient (Wildman–Crippen LogP) is 2.08. The third-order valence-electron chi connectivity index (χ3n) is 3.52. The molecule has 2 rings (SSSR count). The van der Waals surface area contributed by atoms with Crippen molar-refractivity contribution in [3.63, 3.8) is 0 Å². The highest BCUT2D eigenvalue weighted by Crippen LogP contribution is 2.26. The Hall–Kier alpha value is -0.820. The molecule has 0 radical (unpaired) electrons. The Bertz CT molecular complexity index is 598. The van der Waals surface area contributed by atoms with Crippen molar-refractivity contribution < 1.29 is 13.2 Å². The van der Waals surface area contributed by atoms with E-state index in [-0.39, 0.29) is 17.0 Å². The molecule has 1 fully saturated rings. The standard InChI is InChI=1S/C13H19ClN2O3S/c1-8-11(15)6-10(14)7-13(8)20(17,18)16-9(2)12-4-3-5-19-12/h6-7,9,12,16H,3-5,15H2,1-2H3. The molecule has 1 aliphatic rings. The lowest BCUT2D eigenvalue weighted by Crippen LogP contribution is -2.41. The summed E-state index contributed by atoms with van der Waals surface area (Å²) in [5.41, 5.74) is 6.63. The Kier molecular flexibility index (Phi) is 4.59. The number of sulfonamides is 1. The summed E-state index contributed by atoms with van der Waals surface area (Å²) >= 11 is 5.89. The quantitative estimate of drug-likeness (QED) is 0.833. The van der Waals surface area contributed by atoms with Crippen LogP contribution in [-0.4, -0.2) is 27.2 Å². The van der Waals surface area contributed by atoms with Crippen molar-refractivity contribution in [1.82, 2.24) is 4.72 Å². The van der Waals surface area contributed by atoms with Gasteiger partial charge in [-0.3, -0.25) is 0 Å². The molecule has 112 valence electrons. The lowest BCUT2D eigenvalue weighted by Gasteiger charge is -2.21. The van der Waals surface area contributed by atoms with E-state index in [1.165, 1.54) is 6.07 Å². The first-order valence-electron chi connectivity index (χ1n) is 6.51. The molecule has 7 heteroatoms. The Balaban J connectivity index is 2.26. The molecular weight excluding hydrogens is 300 g/mol. The van der Waals surface area contributed by atoms with Crippen LogP contribution in [0.1, 0.15) is 25.3 Å². The Morgan fingerprint density at radius 1 is 1.50 bits per heavy atom. The van der Waals surface area contributed by atoms with Crippen LogP contribution in [0.25, 0.3) is 0 Å². The van der Waals surface area contributed by atoms with Crippen LogP contribution in [0.15, 0.2) is 17.0 Å². The van der Waals surface area contributed by atoms with Gasteiger partial charge < -0.3 is 10.5 Å². The SMILES string of the molecule is Cc1c(N)cc(Cl)cc1S(=O)(=O)NC(C)C1CCCO1. The van der Waals surface area contributed by atoms with Gasteiger partial charge in [0.25, 0.3) is 0 Å². The van der Waals surface area contributed by atoms with E-state index >= 15 is 0 Å². The first kappa shape index (κ1) is 15.6. The number of anilines is 1. The highest BCUT2D eigenvalue weighted by atomic mass is 35.5. The first-order chi connectivity index (χ1) is 9.31. The number of nitrogens with two attached hydrogens (primary N) is 1. The van der Waals surface area contributed by atoms with Crippen molar-refractivity contribution in [3.05, 3.63) is 22.7 Å². The number of hydrogen-bond donors (Lipinski definition) is 2. The summed E-state index contributed by atoms with van der Waals surface area (Å²) in [4.78, 5) is 0.118. The van der Waals surface area contributed by atoms with Crippen molar-refractivity contribution in [2.75, 3.05) is 12.3 Å². The number of nitrogens with one attached hydrogen (secondary N) is 1. The van der Waals surface area contributed by atoms with Crippen LogP contribution in [0, 0.1) is 6.92 Å². The van der Waals surface area contributed by atoms with Gasteiger partial charge in [0.15, 0.2) is 0 Å². The van der Waals surface area contributed by atoms with E-state index in [4.69, 9.17) is 22.1 Å². The second kappa shape index (κ2) is 5.89. The van der Waals surface area contributed by atoms with Crippen molar-refractivity contribution >= 4 is 27.3 Å². The van der Waals surface area contributed by atoms with Crippen LogP contribution in [0.4, 0.5) is 5.69 Å². The smallest absolute Gasteiger partial charge is 0.241 e. The maximum atomic E-state index is 12.4. The summed E-state index contributed by atoms with van der Waals surface area (Å²) in [5.74, 6) is 0. The van der Waals surface area contributed by atoms with E-state index in [1.54, 1.807) is 19.9 Å². The Labute approximate surface area is 124 Å². The van der Waals surface area contributed by atoms with Crippen LogP contribution >= 0.6 is 11.6 Å². The molecule has 1 aromatic carbocycles. The maximum Gasteiger partial charge on any atom is 0.241 e. The summed E-state index contributed by atoms with van der Waals surface area (Å²) < 4.78 is 33.0. The molecule has 5 nitrogen and oxygen atoms in total. The molecule has 3 N–H and O–H groups in total. The van der Waals surface area contributed by atoms with Gasteiger partial charge in [-0.2, -0.15) is 0 Å². The van der Waals surface area contributed by atoms with Crippen molar-refractivity contribution in [2.45, 2.75) is 43.7 Å². The minimum atomic E-state index is -3.67. The van der Waals surface area contributed by atoms with Gasteiger partial charge in [-0.05, 0) is 44.4 Å². The monoisotopic (exact) mass is 318 g/mol. The molecule has 2 unspecified atom stereocenters. The van der Waals surface area contributed by atoms with E-state index in [1.807, 2.05) is 0 Å². The third-order valence-corrected chi connectivity index (χ3v) is 5.42. The molecule has 2 atom stereocenters. The average molecular weight is 319 g/mol. The predicted molar refractivity (Wildman–Crippen MR) is 79.4 cm³/mol. The minimum absolute atomic E-state index is 0.0818. The number of halogens is 1. The van der Waals surface area contributed by atoms with E-state index in [0.29, 0.717) is 22.9 Å². The fourth-order valence-electron chi connectivity index (χ4n) is 2.33. The molecule has 20 heavy (non-hydrogen) atoms. The largest absolute Gasteiger partial charge is 0.398 e. The molecule has 0 amide bonds. The summed E-state index contributed by atoms with van der Waals surface area (Å²) in [6.07, 6.45) is 1.74. The maximum absolute atomic E-state index is 12.4. The molecule has 1 heterocycles. The number of benzene rings is 1. The number of rotatable bonds is 4. The summed E-state index contributed by atoms with van der Waals surface area (Å²) in [7, 11) is -3.67. The zero-order chi connectivity index (χ0) is 14.9. The number of ether oxygens (including phenoxy) is 1. The van der Waals surface area contributed by atoms with Crippen molar-refractivity contribution in [2.24, 2.45) is 0 Å². The molecule has 1 saturated heterocycles. The average Bonchev–Trinajstić information content (AvgIpc) is 2.86. The van der Waals surface area contributed by atoms with Gasteiger partial charge in [0.1, 0.15) is 0 Å². The number of hydrogen-bond acceptors (Lipinski definition) is 4. The Morgan fingerprint density at radius 2 is 2.20 bits per heavy atom. The highest BCUT2D eigenvalue weighted by molar-refractivity contribution is 7.89. The van der Waals surface area contributed by atoms with E-state index < -0.39 is 10.0 Å². The van der Waals surface area contributed by atoms with Gasteiger partial charge in [0.05, 0.1) is 11.0 Å². The van der Waals surface area contributed by atoms with Crippen LogP contribution in [-0.2, 0) is 14.8 Å². The normalized spacial score (nSPS) is 21.1. The second-order valence-electron chi connectivity index (χ2n) is 5.08. The summed E-state index contributed by atoms with van der Waals surface area (Å²) in [5, 5.41) is 0.304. The second-order valence-corrected chi connectivity index (χ2v) is 7.20. The van der Waals surface area contributed by atoms with E-state index in [0.717, 1.165) is 12.8 Å². The van der Waals surface area contributed by atoms with Crippen LogP contribution < -0.4 is 10.5 Å². The minimum Gasteiger partial charge on any atom is -0.398 e. The first-order valence-corrected chi connectivity index (χ1v) is 8.37. The van der Waals surface area contributed by atoms with E-state index in [9.17, 15) is 8.42 Å². The molecule has 0 aromatic heterocycles. The zero-order valence-electron chi connectivity index (χ0n) is 11.5. The van der Waals surface area contributed by atoms with Gasteiger partial charge in [-0.15, -0.1) is 0 Å². The number of nitrogen functional groups attached to an aromatic ring is 1. The molecule has 0 saturated carbocycles. The fraction of sp³-hybridized carbons (Fsp3) is 0.538. The van der Waals surface area contributed by atoms with Gasteiger partial charge in [-0.1, -0.05) is 11.6 Å². The Morgan fingerprint density at radius 3 is 2.80 bits per heavy atom. The molecule has 1 aliphatic heterocycles. The topological polar surface area (TPSA) is 81.4 Å². The molecule has 0 bridgehead atoms. The molecule has 1 aromatic rings. The van der Waals surface area contributed by atoms with Crippen LogP contribution in [0.3, 0.4) is 0 Å². The molecular formula is C13H19ClN2O3S. The third kappa shape index (κ3) is 3.25. The molecule has 0 spiro atoms. The van der Waals surface area contributed by atoms with Crippen LogP contribution in [0.2, 0.25) is 5.02 Å². The zero-order valence-corrected chi connectivity index (χ0v) is 13.1. The van der Waals surface area contributed by atoms with Gasteiger partial charge in [-0.25, -0.2) is 13.1 Å². The highest BCUT2D eigenvalue weighted by Gasteiger charge is 2.28. The van der Waals surface area contributed by atoms with Gasteiger partial charge in [0.2, 0.25) is 10.0 Å². The van der Waals surface area contributed by atoms with Gasteiger partial charge in [0, 0.05) is 23.4 Å². The van der Waals surface area contributed by atoms with E-state index in [2.05, 4.69) is 4.72 Å². The molecule has 0 aliphatic carbocycles. The van der Waals surface area contributed by atoms with Crippen molar-refractivity contribution in [3.8, 4) is 0 Å². The lowest BCUT2D eigenvalue weighted by atomic mass is 10.1. The van der Waals surface area contributed by atoms with Gasteiger partial charge >= 0.3 is 0 Å². The fourth-order valence-corrected chi connectivity index (χ4v) is 4.20.